The molecule has 3 heteroatoms. The summed E-state index contributed by atoms with van der Waals surface area (Å²) in [5.41, 5.74) is 3.76. The van der Waals surface area contributed by atoms with Crippen molar-refractivity contribution in [1.29, 1.82) is 0 Å². The first-order valence-electron chi connectivity index (χ1n) is 5.48. The van der Waals surface area contributed by atoms with Gasteiger partial charge in [0.1, 0.15) is 0 Å². The fourth-order valence-corrected chi connectivity index (χ4v) is 2.88. The van der Waals surface area contributed by atoms with Gasteiger partial charge in [-0.15, -0.1) is 11.6 Å². The lowest BCUT2D eigenvalue weighted by Crippen LogP contribution is -2.48. The lowest BCUT2D eigenvalue weighted by Gasteiger charge is -2.40. The summed E-state index contributed by atoms with van der Waals surface area (Å²) in [6.45, 7) is 3.58. The highest BCUT2D eigenvalue weighted by Crippen LogP contribution is 2.39. The number of aryl methyl sites for hydroxylation is 1. The third kappa shape index (κ3) is 1.23. The standard InChI is InChI=1S/C13H14ClNO/c1-9-12(13(6-14)7-16-8-13)10-4-2-3-5-11(10)15-9/h2-5,15H,6-8H2,1H3. The number of halogens is 1. The molecule has 1 aromatic heterocycles. The highest BCUT2D eigenvalue weighted by molar-refractivity contribution is 6.19. The van der Waals surface area contributed by atoms with E-state index >= 15 is 0 Å². The van der Waals surface area contributed by atoms with E-state index in [-0.39, 0.29) is 5.41 Å². The van der Waals surface area contributed by atoms with Crippen molar-refractivity contribution in [1.82, 2.24) is 4.98 Å². The van der Waals surface area contributed by atoms with Crippen molar-refractivity contribution in [3.63, 3.8) is 0 Å². The summed E-state index contributed by atoms with van der Waals surface area (Å²) in [6.07, 6.45) is 0. The van der Waals surface area contributed by atoms with Crippen molar-refractivity contribution in [2.75, 3.05) is 19.1 Å². The van der Waals surface area contributed by atoms with Crippen LogP contribution < -0.4 is 0 Å². The zero-order valence-electron chi connectivity index (χ0n) is 9.22. The molecule has 84 valence electrons. The topological polar surface area (TPSA) is 25.0 Å². The fourth-order valence-electron chi connectivity index (χ4n) is 2.60. The molecule has 2 nitrogen and oxygen atoms in total. The molecule has 3 rings (SSSR count). The van der Waals surface area contributed by atoms with Crippen molar-refractivity contribution >= 4 is 22.5 Å². The molecule has 0 radical (unpaired) electrons. The number of hydrogen-bond donors (Lipinski definition) is 1. The van der Waals surface area contributed by atoms with Gasteiger partial charge in [-0.3, -0.25) is 0 Å². The van der Waals surface area contributed by atoms with Crippen LogP contribution in [-0.2, 0) is 10.2 Å². The predicted molar refractivity (Wildman–Crippen MR) is 66.3 cm³/mol. The number of alkyl halides is 1. The average Bonchev–Trinajstić information content (AvgIpc) is 2.56. The number of ether oxygens (including phenoxy) is 1. The molecule has 1 fully saturated rings. The molecular weight excluding hydrogens is 222 g/mol. The Morgan fingerprint density at radius 3 is 2.75 bits per heavy atom. The van der Waals surface area contributed by atoms with E-state index in [9.17, 15) is 0 Å². The maximum Gasteiger partial charge on any atom is 0.0598 e. The van der Waals surface area contributed by atoms with Crippen LogP contribution in [0.25, 0.3) is 10.9 Å². The van der Waals surface area contributed by atoms with Crippen LogP contribution in [-0.4, -0.2) is 24.1 Å². The molecule has 0 saturated carbocycles. The first-order valence-corrected chi connectivity index (χ1v) is 6.02. The Bertz CT molecular complexity index is 522. The molecule has 2 heterocycles. The van der Waals surface area contributed by atoms with Gasteiger partial charge in [0.05, 0.1) is 18.6 Å². The van der Waals surface area contributed by atoms with E-state index < -0.39 is 0 Å². The molecule has 0 aliphatic carbocycles. The van der Waals surface area contributed by atoms with Gasteiger partial charge in [-0.25, -0.2) is 0 Å². The quantitative estimate of drug-likeness (QED) is 0.796. The van der Waals surface area contributed by atoms with E-state index in [1.54, 1.807) is 0 Å². The van der Waals surface area contributed by atoms with Crippen LogP contribution in [0, 0.1) is 6.92 Å². The van der Waals surface area contributed by atoms with Crippen LogP contribution >= 0.6 is 11.6 Å². The van der Waals surface area contributed by atoms with Crippen molar-refractivity contribution in [2.45, 2.75) is 12.3 Å². The van der Waals surface area contributed by atoms with Crippen molar-refractivity contribution < 1.29 is 4.74 Å². The highest BCUT2D eigenvalue weighted by atomic mass is 35.5. The number of para-hydroxylation sites is 1. The van der Waals surface area contributed by atoms with Crippen molar-refractivity contribution in [3.05, 3.63) is 35.5 Å². The minimum Gasteiger partial charge on any atom is -0.379 e. The van der Waals surface area contributed by atoms with Crippen molar-refractivity contribution in [2.24, 2.45) is 0 Å². The molecular formula is C13H14ClNO. The molecule has 1 aliphatic rings. The van der Waals surface area contributed by atoms with Gasteiger partial charge < -0.3 is 9.72 Å². The van der Waals surface area contributed by atoms with E-state index in [0.29, 0.717) is 5.88 Å². The maximum atomic E-state index is 6.13. The molecule has 1 aliphatic heterocycles. The number of hydrogen-bond acceptors (Lipinski definition) is 1. The zero-order chi connectivity index (χ0) is 11.2. The van der Waals surface area contributed by atoms with Crippen LogP contribution in [0.3, 0.4) is 0 Å². The monoisotopic (exact) mass is 235 g/mol. The van der Waals surface area contributed by atoms with Gasteiger partial charge >= 0.3 is 0 Å². The second-order valence-electron chi connectivity index (χ2n) is 4.58. The summed E-state index contributed by atoms with van der Waals surface area (Å²) in [5, 5.41) is 1.28. The van der Waals surface area contributed by atoms with Gasteiger partial charge in [-0.2, -0.15) is 0 Å². The van der Waals surface area contributed by atoms with Gasteiger partial charge in [0.2, 0.25) is 0 Å². The molecule has 0 spiro atoms. The minimum atomic E-state index is 0.0191. The number of rotatable bonds is 2. The Morgan fingerprint density at radius 2 is 2.12 bits per heavy atom. The molecule has 16 heavy (non-hydrogen) atoms. The summed E-state index contributed by atoms with van der Waals surface area (Å²) in [7, 11) is 0. The second kappa shape index (κ2) is 3.51. The largest absolute Gasteiger partial charge is 0.379 e. The molecule has 0 atom stereocenters. The van der Waals surface area contributed by atoms with E-state index in [4.69, 9.17) is 16.3 Å². The molecule has 1 aromatic carbocycles. The summed E-state index contributed by atoms with van der Waals surface area (Å²) in [4.78, 5) is 3.42. The summed E-state index contributed by atoms with van der Waals surface area (Å²) >= 11 is 6.13. The van der Waals surface area contributed by atoms with Crippen LogP contribution in [0.15, 0.2) is 24.3 Å². The summed E-state index contributed by atoms with van der Waals surface area (Å²) in [5.74, 6) is 0.621. The van der Waals surface area contributed by atoms with Gasteiger partial charge in [0, 0.05) is 22.5 Å². The van der Waals surface area contributed by atoms with E-state index in [1.165, 1.54) is 22.2 Å². The predicted octanol–water partition coefficient (Wildman–Crippen LogP) is 2.98. The number of fused-ring (bicyclic) bond motifs is 1. The highest BCUT2D eigenvalue weighted by Gasteiger charge is 2.42. The van der Waals surface area contributed by atoms with E-state index in [0.717, 1.165) is 13.2 Å². The van der Waals surface area contributed by atoms with Crippen LogP contribution in [0.5, 0.6) is 0 Å². The molecule has 1 saturated heterocycles. The number of benzene rings is 1. The lowest BCUT2D eigenvalue weighted by atomic mass is 9.79. The van der Waals surface area contributed by atoms with E-state index in [2.05, 4.69) is 30.1 Å². The summed E-state index contributed by atoms with van der Waals surface area (Å²) < 4.78 is 5.36. The Hall–Kier alpha value is -0.990. The first kappa shape index (κ1) is 10.2. The summed E-state index contributed by atoms with van der Waals surface area (Å²) in [6, 6.07) is 8.38. The number of aromatic nitrogens is 1. The van der Waals surface area contributed by atoms with Gasteiger partial charge in [-0.05, 0) is 18.6 Å². The van der Waals surface area contributed by atoms with Gasteiger partial charge in [0.25, 0.3) is 0 Å². The molecule has 0 bridgehead atoms. The second-order valence-corrected chi connectivity index (χ2v) is 4.84. The van der Waals surface area contributed by atoms with Gasteiger partial charge in [-0.1, -0.05) is 18.2 Å². The Morgan fingerprint density at radius 1 is 1.38 bits per heavy atom. The first-order chi connectivity index (χ1) is 7.77. The zero-order valence-corrected chi connectivity index (χ0v) is 9.97. The fraction of sp³-hybridized carbons (Fsp3) is 0.385. The van der Waals surface area contributed by atoms with Crippen LogP contribution in [0.2, 0.25) is 0 Å². The Labute approximate surface area is 99.6 Å². The lowest BCUT2D eigenvalue weighted by molar-refractivity contribution is -0.0475. The SMILES string of the molecule is Cc1[nH]c2ccccc2c1C1(CCl)COC1. The van der Waals surface area contributed by atoms with Crippen LogP contribution in [0.1, 0.15) is 11.3 Å². The number of H-pyrrole nitrogens is 1. The average molecular weight is 236 g/mol. The van der Waals surface area contributed by atoms with Crippen molar-refractivity contribution in [3.8, 4) is 0 Å². The molecule has 1 N–H and O–H groups in total. The normalized spacial score (nSPS) is 18.6. The molecule has 0 amide bonds. The Balaban J connectivity index is 2.26. The van der Waals surface area contributed by atoms with Crippen LogP contribution in [0.4, 0.5) is 0 Å². The van der Waals surface area contributed by atoms with E-state index in [1.807, 2.05) is 6.07 Å². The molecule has 2 aromatic rings. The van der Waals surface area contributed by atoms with Gasteiger partial charge in [0.15, 0.2) is 0 Å². The number of nitrogens with one attached hydrogen (secondary N) is 1. The third-order valence-corrected chi connectivity index (χ3v) is 3.95. The maximum absolute atomic E-state index is 6.13. The third-order valence-electron chi connectivity index (χ3n) is 3.44. The molecule has 0 unspecified atom stereocenters. The Kier molecular flexibility index (Phi) is 2.23. The number of aromatic amines is 1. The minimum absolute atomic E-state index is 0.0191. The smallest absolute Gasteiger partial charge is 0.0598 e.